The van der Waals surface area contributed by atoms with Crippen LogP contribution in [0.4, 0.5) is 0 Å². The Hall–Kier alpha value is 0.230. The molecule has 1 atom stereocenters. The molecule has 3 nitrogen and oxygen atoms in total. The molecular weight excluding hydrogens is 198 g/mol. The van der Waals surface area contributed by atoms with Crippen LogP contribution in [0.2, 0.25) is 0 Å². The highest BCUT2D eigenvalue weighted by Gasteiger charge is 2.51. The first kappa shape index (κ1) is 10.7. The van der Waals surface area contributed by atoms with Crippen molar-refractivity contribution in [3.63, 3.8) is 0 Å². The van der Waals surface area contributed by atoms with E-state index in [1.807, 2.05) is 11.8 Å². The maximum absolute atomic E-state index is 10.6. The van der Waals surface area contributed by atoms with Gasteiger partial charge in [0.05, 0.1) is 12.2 Å². The Bertz CT molecular complexity index is 198. The fourth-order valence-electron chi connectivity index (χ4n) is 2.62. The predicted molar refractivity (Wildman–Crippen MR) is 58.5 cm³/mol. The maximum atomic E-state index is 10.6. The van der Waals surface area contributed by atoms with Crippen LogP contribution in [0, 0.1) is 5.41 Å². The molecule has 2 rings (SSSR count). The van der Waals surface area contributed by atoms with Crippen LogP contribution in [0.1, 0.15) is 19.3 Å². The van der Waals surface area contributed by atoms with Gasteiger partial charge < -0.3 is 15.5 Å². The number of aliphatic hydroxyl groups is 2. The molecule has 0 radical (unpaired) electrons. The van der Waals surface area contributed by atoms with Gasteiger partial charge in [0.2, 0.25) is 0 Å². The molecule has 2 saturated heterocycles. The molecule has 2 heterocycles. The molecule has 14 heavy (non-hydrogen) atoms. The van der Waals surface area contributed by atoms with Crippen molar-refractivity contribution in [1.82, 2.24) is 5.32 Å². The van der Waals surface area contributed by atoms with Gasteiger partial charge in [0.1, 0.15) is 0 Å². The second-order valence-corrected chi connectivity index (χ2v) is 5.63. The Morgan fingerprint density at radius 2 is 1.93 bits per heavy atom. The first-order valence-electron chi connectivity index (χ1n) is 5.34. The molecule has 0 saturated carbocycles. The summed E-state index contributed by atoms with van der Waals surface area (Å²) in [5.41, 5.74) is -0.851. The Labute approximate surface area is 89.3 Å². The molecule has 0 bridgehead atoms. The summed E-state index contributed by atoms with van der Waals surface area (Å²) in [5.74, 6) is 2.00. The lowest BCUT2D eigenvalue weighted by molar-refractivity contribution is -0.113. The Balaban J connectivity index is 2.15. The average molecular weight is 217 g/mol. The second kappa shape index (κ2) is 4.00. The summed E-state index contributed by atoms with van der Waals surface area (Å²) >= 11 is 1.86. The van der Waals surface area contributed by atoms with E-state index in [0.29, 0.717) is 0 Å². The Morgan fingerprint density at radius 1 is 1.21 bits per heavy atom. The van der Waals surface area contributed by atoms with Crippen molar-refractivity contribution in [2.45, 2.75) is 24.9 Å². The van der Waals surface area contributed by atoms with Gasteiger partial charge in [-0.05, 0) is 38.1 Å². The van der Waals surface area contributed by atoms with Gasteiger partial charge in [-0.25, -0.2) is 0 Å². The molecule has 82 valence electrons. The van der Waals surface area contributed by atoms with E-state index in [0.717, 1.165) is 43.9 Å². The van der Waals surface area contributed by atoms with E-state index in [4.69, 9.17) is 0 Å². The summed E-state index contributed by atoms with van der Waals surface area (Å²) in [5, 5.41) is 23.4. The molecule has 0 amide bonds. The molecule has 1 unspecified atom stereocenters. The minimum atomic E-state index is -0.628. The van der Waals surface area contributed by atoms with Crippen LogP contribution in [0.5, 0.6) is 0 Å². The van der Waals surface area contributed by atoms with Crippen LogP contribution in [0.3, 0.4) is 0 Å². The Kier molecular flexibility index (Phi) is 3.07. The zero-order valence-electron chi connectivity index (χ0n) is 8.46. The van der Waals surface area contributed by atoms with Gasteiger partial charge in [0.15, 0.2) is 0 Å². The number of hydrogen-bond donors (Lipinski definition) is 3. The third-order valence-electron chi connectivity index (χ3n) is 3.82. The zero-order chi connectivity index (χ0) is 10.1. The summed E-state index contributed by atoms with van der Waals surface area (Å²) in [6.07, 6.45) is 2.53. The van der Waals surface area contributed by atoms with Gasteiger partial charge in [0.25, 0.3) is 0 Å². The first-order valence-corrected chi connectivity index (χ1v) is 6.50. The highest BCUT2D eigenvalue weighted by atomic mass is 32.2. The minimum Gasteiger partial charge on any atom is -0.396 e. The van der Waals surface area contributed by atoms with Crippen LogP contribution in [-0.4, -0.2) is 47.0 Å². The van der Waals surface area contributed by atoms with E-state index in [1.165, 1.54) is 0 Å². The smallest absolute Gasteiger partial charge is 0.0758 e. The lowest BCUT2D eigenvalue weighted by atomic mass is 9.67. The van der Waals surface area contributed by atoms with E-state index in [9.17, 15) is 10.2 Å². The van der Waals surface area contributed by atoms with Gasteiger partial charge in [-0.1, -0.05) is 0 Å². The second-order valence-electron chi connectivity index (χ2n) is 4.52. The van der Waals surface area contributed by atoms with Gasteiger partial charge >= 0.3 is 0 Å². The number of hydrogen-bond acceptors (Lipinski definition) is 4. The molecule has 0 spiro atoms. The normalized spacial score (nSPS) is 37.3. The molecule has 2 fully saturated rings. The zero-order valence-corrected chi connectivity index (χ0v) is 9.28. The van der Waals surface area contributed by atoms with Crippen molar-refractivity contribution in [1.29, 1.82) is 0 Å². The molecule has 3 N–H and O–H groups in total. The van der Waals surface area contributed by atoms with Gasteiger partial charge in [-0.15, -0.1) is 0 Å². The van der Waals surface area contributed by atoms with Crippen molar-refractivity contribution >= 4 is 11.8 Å². The molecule has 0 aliphatic carbocycles. The van der Waals surface area contributed by atoms with Gasteiger partial charge in [-0.3, -0.25) is 0 Å². The lowest BCUT2D eigenvalue weighted by Crippen LogP contribution is -2.56. The predicted octanol–water partition coefficient (Wildman–Crippen LogP) is 0.216. The Morgan fingerprint density at radius 3 is 2.43 bits per heavy atom. The SMILES string of the molecule is OCC1(C2(O)CCNCC2)CCSC1. The molecule has 2 aliphatic rings. The fraction of sp³-hybridized carbons (Fsp3) is 1.00. The monoisotopic (exact) mass is 217 g/mol. The average Bonchev–Trinajstić information content (AvgIpc) is 2.68. The van der Waals surface area contributed by atoms with E-state index < -0.39 is 5.60 Å². The van der Waals surface area contributed by atoms with Crippen LogP contribution >= 0.6 is 11.8 Å². The molecular formula is C10H19NO2S. The van der Waals surface area contributed by atoms with Crippen LogP contribution in [-0.2, 0) is 0 Å². The van der Waals surface area contributed by atoms with Crippen molar-refractivity contribution in [2.75, 3.05) is 31.2 Å². The number of nitrogens with one attached hydrogen (secondary N) is 1. The van der Waals surface area contributed by atoms with Gasteiger partial charge in [0, 0.05) is 11.2 Å². The molecule has 2 aliphatic heterocycles. The fourth-order valence-corrected chi connectivity index (χ4v) is 4.19. The topological polar surface area (TPSA) is 52.5 Å². The summed E-state index contributed by atoms with van der Waals surface area (Å²) in [4.78, 5) is 0. The number of piperidine rings is 1. The number of aliphatic hydroxyl groups excluding tert-OH is 1. The van der Waals surface area contributed by atoms with Crippen LogP contribution in [0.25, 0.3) is 0 Å². The molecule has 0 aromatic carbocycles. The summed E-state index contributed by atoms with van der Waals surface area (Å²) < 4.78 is 0. The van der Waals surface area contributed by atoms with E-state index in [2.05, 4.69) is 5.32 Å². The summed E-state index contributed by atoms with van der Waals surface area (Å²) in [7, 11) is 0. The number of rotatable bonds is 2. The minimum absolute atomic E-state index is 0.135. The van der Waals surface area contributed by atoms with Crippen molar-refractivity contribution in [3.8, 4) is 0 Å². The standard InChI is InChI=1S/C10H19NO2S/c12-7-9(3-6-14-8-9)10(13)1-4-11-5-2-10/h11-13H,1-8H2. The van der Waals surface area contributed by atoms with E-state index in [-0.39, 0.29) is 12.0 Å². The van der Waals surface area contributed by atoms with Gasteiger partial charge in [-0.2, -0.15) is 11.8 Å². The van der Waals surface area contributed by atoms with E-state index >= 15 is 0 Å². The quantitative estimate of drug-likeness (QED) is 0.619. The molecule has 0 aromatic heterocycles. The van der Waals surface area contributed by atoms with Crippen molar-refractivity contribution in [2.24, 2.45) is 5.41 Å². The first-order chi connectivity index (χ1) is 6.72. The molecule has 4 heteroatoms. The largest absolute Gasteiger partial charge is 0.396 e. The summed E-state index contributed by atoms with van der Waals surface area (Å²) in [6, 6.07) is 0. The van der Waals surface area contributed by atoms with Crippen LogP contribution < -0.4 is 5.32 Å². The van der Waals surface area contributed by atoms with Crippen molar-refractivity contribution < 1.29 is 10.2 Å². The molecule has 0 aromatic rings. The highest BCUT2D eigenvalue weighted by Crippen LogP contribution is 2.47. The maximum Gasteiger partial charge on any atom is 0.0758 e. The highest BCUT2D eigenvalue weighted by molar-refractivity contribution is 7.99. The van der Waals surface area contributed by atoms with Crippen LogP contribution in [0.15, 0.2) is 0 Å². The lowest BCUT2D eigenvalue weighted by Gasteiger charge is -2.46. The third-order valence-corrected chi connectivity index (χ3v) is 5.07. The number of thioether (sulfide) groups is 1. The van der Waals surface area contributed by atoms with E-state index in [1.54, 1.807) is 0 Å². The van der Waals surface area contributed by atoms with Crippen molar-refractivity contribution in [3.05, 3.63) is 0 Å². The summed E-state index contributed by atoms with van der Waals surface area (Å²) in [6.45, 7) is 1.89. The third kappa shape index (κ3) is 1.58.